The number of non-ortho nitro benzene ring substituents is 1. The van der Waals surface area contributed by atoms with Gasteiger partial charge in [-0.3, -0.25) is 19.9 Å². The van der Waals surface area contributed by atoms with Crippen LogP contribution in [0.25, 0.3) is 6.08 Å². The molecule has 0 aromatic heterocycles. The largest absolute Gasteiger partial charge is 0.321 e. The summed E-state index contributed by atoms with van der Waals surface area (Å²) < 4.78 is 0. The predicted octanol–water partition coefficient (Wildman–Crippen LogP) is 6.50. The van der Waals surface area contributed by atoms with Crippen LogP contribution < -0.4 is 10.3 Å². The van der Waals surface area contributed by atoms with Crippen LogP contribution in [-0.4, -0.2) is 16.5 Å². The van der Waals surface area contributed by atoms with Crippen molar-refractivity contribution in [2.24, 2.45) is 5.10 Å². The summed E-state index contributed by atoms with van der Waals surface area (Å²) in [5.41, 5.74) is 4.73. The monoisotopic (exact) mass is 513 g/mol. The summed E-state index contributed by atoms with van der Waals surface area (Å²) in [6, 6.07) is 35.3. The van der Waals surface area contributed by atoms with Crippen molar-refractivity contribution in [3.05, 3.63) is 142 Å². The molecule has 39 heavy (non-hydrogen) atoms. The van der Waals surface area contributed by atoms with E-state index in [0.717, 1.165) is 28.9 Å². The number of nitriles is 1. The third-order valence-electron chi connectivity index (χ3n) is 6.35. The topological polar surface area (TPSA) is 112 Å². The summed E-state index contributed by atoms with van der Waals surface area (Å²) in [5, 5.41) is 30.1. The van der Waals surface area contributed by atoms with Gasteiger partial charge in [0.1, 0.15) is 11.6 Å². The number of carbonyl (C=O) groups is 1. The number of nitrogens with one attached hydrogen (secondary N) is 1. The van der Waals surface area contributed by atoms with Crippen LogP contribution in [0.5, 0.6) is 0 Å². The summed E-state index contributed by atoms with van der Waals surface area (Å²) in [6.07, 6.45) is 2.24. The zero-order valence-electron chi connectivity index (χ0n) is 20.8. The molecule has 1 atom stereocenters. The average molecular weight is 514 g/mol. The van der Waals surface area contributed by atoms with Crippen LogP contribution in [0.15, 0.2) is 120 Å². The number of nitrogens with zero attached hydrogens (tertiary/aromatic N) is 4. The highest BCUT2D eigenvalue weighted by Gasteiger charge is 2.29. The van der Waals surface area contributed by atoms with Crippen LogP contribution in [0.2, 0.25) is 0 Å². The van der Waals surface area contributed by atoms with Crippen molar-refractivity contribution in [1.29, 1.82) is 5.26 Å². The number of nitro groups is 1. The molecule has 1 heterocycles. The molecule has 0 bridgehead atoms. The molecule has 190 valence electrons. The number of carbonyl (C=O) groups excluding carboxylic acids is 1. The van der Waals surface area contributed by atoms with E-state index in [-0.39, 0.29) is 23.0 Å². The van der Waals surface area contributed by atoms with E-state index in [9.17, 15) is 20.2 Å². The van der Waals surface area contributed by atoms with Crippen LogP contribution >= 0.6 is 0 Å². The van der Waals surface area contributed by atoms with Crippen LogP contribution in [0.3, 0.4) is 0 Å². The molecule has 0 saturated heterocycles. The lowest BCUT2D eigenvalue weighted by molar-refractivity contribution is -0.384. The van der Waals surface area contributed by atoms with Gasteiger partial charge in [0, 0.05) is 24.2 Å². The molecule has 1 aliphatic heterocycles. The Balaban J connectivity index is 1.38. The summed E-state index contributed by atoms with van der Waals surface area (Å²) in [5.74, 6) is -0.650. The molecule has 8 nitrogen and oxygen atoms in total. The first-order valence-corrected chi connectivity index (χ1v) is 12.3. The highest BCUT2D eigenvalue weighted by molar-refractivity contribution is 6.09. The first-order chi connectivity index (χ1) is 19.0. The molecule has 1 aliphatic rings. The van der Waals surface area contributed by atoms with E-state index in [1.165, 1.54) is 30.3 Å². The van der Waals surface area contributed by atoms with Crippen molar-refractivity contribution in [3.8, 4) is 6.07 Å². The molecule has 0 spiro atoms. The minimum absolute atomic E-state index is 0.0261. The molecular formula is C31H23N5O3. The van der Waals surface area contributed by atoms with Crippen molar-refractivity contribution in [3.63, 3.8) is 0 Å². The Kier molecular flexibility index (Phi) is 7.23. The highest BCUT2D eigenvalue weighted by atomic mass is 16.6. The number of nitro benzene ring substituents is 1. The Bertz CT molecular complexity index is 1610. The molecular weight excluding hydrogens is 490 g/mol. The number of hydrogen-bond donors (Lipinski definition) is 1. The Hall–Kier alpha value is -5.55. The highest BCUT2D eigenvalue weighted by Crippen LogP contribution is 2.36. The summed E-state index contributed by atoms with van der Waals surface area (Å²) >= 11 is 0. The van der Waals surface area contributed by atoms with Gasteiger partial charge >= 0.3 is 0 Å². The number of anilines is 2. The van der Waals surface area contributed by atoms with Crippen LogP contribution in [-0.2, 0) is 4.79 Å². The van der Waals surface area contributed by atoms with Crippen LogP contribution in [0.4, 0.5) is 17.1 Å². The van der Waals surface area contributed by atoms with Gasteiger partial charge in [-0.15, -0.1) is 0 Å². The van der Waals surface area contributed by atoms with E-state index < -0.39 is 10.8 Å². The van der Waals surface area contributed by atoms with Gasteiger partial charge in [-0.25, -0.2) is 0 Å². The van der Waals surface area contributed by atoms with E-state index in [0.29, 0.717) is 5.56 Å². The normalized spacial score (nSPS) is 14.8. The van der Waals surface area contributed by atoms with E-state index in [1.54, 1.807) is 0 Å². The SMILES string of the molecule is N#C/C(=C\c1ccc(N2N=C(c3ccccc3)CC2c2ccccc2)cc1)C(=O)Nc1cccc([N+](=O)[O-])c1. The van der Waals surface area contributed by atoms with Crippen molar-refractivity contribution in [2.45, 2.75) is 12.5 Å². The molecule has 4 aromatic carbocycles. The summed E-state index contributed by atoms with van der Waals surface area (Å²) in [6.45, 7) is 0. The van der Waals surface area contributed by atoms with Crippen molar-refractivity contribution in [1.82, 2.24) is 0 Å². The summed E-state index contributed by atoms with van der Waals surface area (Å²) in [7, 11) is 0. The zero-order chi connectivity index (χ0) is 27.2. The Morgan fingerprint density at radius 2 is 1.67 bits per heavy atom. The first-order valence-electron chi connectivity index (χ1n) is 12.3. The second kappa shape index (κ2) is 11.2. The molecule has 1 amide bonds. The smallest absolute Gasteiger partial charge is 0.271 e. The van der Waals surface area contributed by atoms with Gasteiger partial charge in [0.2, 0.25) is 0 Å². The van der Waals surface area contributed by atoms with Gasteiger partial charge in [0.25, 0.3) is 11.6 Å². The molecule has 8 heteroatoms. The fourth-order valence-electron chi connectivity index (χ4n) is 4.42. The molecule has 4 aromatic rings. The number of hydrazone groups is 1. The fraction of sp³-hybridized carbons (Fsp3) is 0.0645. The molecule has 0 fully saturated rings. The van der Waals surface area contributed by atoms with E-state index in [4.69, 9.17) is 5.10 Å². The lowest BCUT2D eigenvalue weighted by atomic mass is 9.98. The van der Waals surface area contributed by atoms with Crippen molar-refractivity contribution >= 4 is 34.8 Å². The lowest BCUT2D eigenvalue weighted by Gasteiger charge is -2.24. The molecule has 1 N–H and O–H groups in total. The minimum atomic E-state index is -0.650. The Labute approximate surface area is 225 Å². The minimum Gasteiger partial charge on any atom is -0.321 e. The maximum Gasteiger partial charge on any atom is 0.271 e. The van der Waals surface area contributed by atoms with E-state index in [1.807, 2.05) is 71.7 Å². The number of hydrogen-bond acceptors (Lipinski definition) is 6. The summed E-state index contributed by atoms with van der Waals surface area (Å²) in [4.78, 5) is 23.1. The predicted molar refractivity (Wildman–Crippen MR) is 151 cm³/mol. The Morgan fingerprint density at radius 1 is 0.974 bits per heavy atom. The Morgan fingerprint density at radius 3 is 2.33 bits per heavy atom. The van der Waals surface area contributed by atoms with Gasteiger partial charge < -0.3 is 5.32 Å². The van der Waals surface area contributed by atoms with Gasteiger partial charge in [0.15, 0.2) is 0 Å². The second-order valence-electron chi connectivity index (χ2n) is 8.91. The first kappa shape index (κ1) is 25.1. The lowest BCUT2D eigenvalue weighted by Crippen LogP contribution is -2.18. The van der Waals surface area contributed by atoms with E-state index >= 15 is 0 Å². The van der Waals surface area contributed by atoms with E-state index in [2.05, 4.69) is 29.6 Å². The standard InChI is InChI=1S/C31H23N5O3/c32-21-25(31(37)33-26-12-7-13-28(19-26)36(38)39)18-22-14-16-27(17-15-22)35-30(24-10-5-2-6-11-24)20-29(34-35)23-8-3-1-4-9-23/h1-19,30H,20H2,(H,33,37)/b25-18+. The molecule has 0 aliphatic carbocycles. The number of amides is 1. The van der Waals surface area contributed by atoms with Gasteiger partial charge in [0.05, 0.1) is 22.4 Å². The molecule has 1 unspecified atom stereocenters. The molecule has 0 saturated carbocycles. The second-order valence-corrected chi connectivity index (χ2v) is 8.91. The third-order valence-corrected chi connectivity index (χ3v) is 6.35. The van der Waals surface area contributed by atoms with Crippen LogP contribution in [0, 0.1) is 21.4 Å². The van der Waals surface area contributed by atoms with Crippen molar-refractivity contribution in [2.75, 3.05) is 10.3 Å². The van der Waals surface area contributed by atoms with Crippen LogP contribution in [0.1, 0.15) is 29.2 Å². The maximum absolute atomic E-state index is 12.7. The maximum atomic E-state index is 12.7. The van der Waals surface area contributed by atoms with Gasteiger partial charge in [-0.2, -0.15) is 10.4 Å². The number of benzene rings is 4. The average Bonchev–Trinajstić information content (AvgIpc) is 3.43. The number of rotatable bonds is 7. The fourth-order valence-corrected chi connectivity index (χ4v) is 4.42. The molecule has 5 rings (SSSR count). The van der Waals surface area contributed by atoms with Gasteiger partial charge in [-0.05, 0) is 41.0 Å². The zero-order valence-corrected chi connectivity index (χ0v) is 20.8. The molecule has 0 radical (unpaired) electrons. The van der Waals surface area contributed by atoms with Crippen molar-refractivity contribution < 1.29 is 9.72 Å². The quantitative estimate of drug-likeness (QED) is 0.131. The van der Waals surface area contributed by atoms with Gasteiger partial charge in [-0.1, -0.05) is 78.9 Å². The third kappa shape index (κ3) is 5.73.